The highest BCUT2D eigenvalue weighted by Crippen LogP contribution is 2.28. The van der Waals surface area contributed by atoms with Crippen LogP contribution >= 0.6 is 12.2 Å². The van der Waals surface area contributed by atoms with Crippen LogP contribution in [0.4, 0.5) is 11.4 Å². The first-order valence-electron chi connectivity index (χ1n) is 7.63. The number of nitrogens with zero attached hydrogens (tertiary/aromatic N) is 3. The average molecular weight is 343 g/mol. The number of nitro benzene ring substituents is 1. The molecule has 0 atom stereocenters. The van der Waals surface area contributed by atoms with E-state index in [0.29, 0.717) is 31.9 Å². The van der Waals surface area contributed by atoms with Crippen LogP contribution in [0.25, 0.3) is 0 Å². The predicted octanol–water partition coefficient (Wildman–Crippen LogP) is 2.80. The molecule has 1 saturated heterocycles. The van der Waals surface area contributed by atoms with Crippen LogP contribution in [-0.4, -0.2) is 46.1 Å². The molecule has 1 fully saturated rings. The fourth-order valence-corrected chi connectivity index (χ4v) is 3.14. The third kappa shape index (κ3) is 3.30. The smallest absolute Gasteiger partial charge is 0.292 e. The molecule has 1 aliphatic heterocycles. The van der Waals surface area contributed by atoms with Gasteiger partial charge < -0.3 is 14.9 Å². The molecule has 1 N–H and O–H groups in total. The van der Waals surface area contributed by atoms with Crippen LogP contribution in [0.2, 0.25) is 0 Å². The first-order valence-corrected chi connectivity index (χ1v) is 8.04. The Morgan fingerprint density at radius 2 is 1.67 bits per heavy atom. The molecule has 2 aromatic carbocycles. The highest BCUT2D eigenvalue weighted by Gasteiger charge is 2.24. The number of aromatic hydroxyl groups is 1. The summed E-state index contributed by atoms with van der Waals surface area (Å²) in [6, 6.07) is 13.6. The van der Waals surface area contributed by atoms with Crippen molar-refractivity contribution in [3.8, 4) is 5.75 Å². The van der Waals surface area contributed by atoms with Crippen LogP contribution in [0.5, 0.6) is 5.75 Å². The van der Waals surface area contributed by atoms with Gasteiger partial charge in [-0.2, -0.15) is 0 Å². The second-order valence-electron chi connectivity index (χ2n) is 5.57. The second kappa shape index (κ2) is 6.84. The van der Waals surface area contributed by atoms with Gasteiger partial charge in [0.05, 0.1) is 4.92 Å². The van der Waals surface area contributed by atoms with Crippen molar-refractivity contribution in [2.24, 2.45) is 0 Å². The summed E-state index contributed by atoms with van der Waals surface area (Å²) >= 11 is 5.52. The maximum Gasteiger partial charge on any atom is 0.292 e. The van der Waals surface area contributed by atoms with E-state index in [-0.39, 0.29) is 16.4 Å². The molecule has 2 aromatic rings. The number of rotatable bonds is 3. The fourth-order valence-electron chi connectivity index (χ4n) is 2.82. The van der Waals surface area contributed by atoms with E-state index in [1.807, 2.05) is 11.0 Å². The molecule has 124 valence electrons. The first-order chi connectivity index (χ1) is 11.6. The second-order valence-corrected chi connectivity index (χ2v) is 5.96. The molecule has 1 aliphatic rings. The van der Waals surface area contributed by atoms with Crippen molar-refractivity contribution in [2.75, 3.05) is 31.1 Å². The Morgan fingerprint density at radius 3 is 2.29 bits per heavy atom. The van der Waals surface area contributed by atoms with Crippen molar-refractivity contribution >= 4 is 28.6 Å². The van der Waals surface area contributed by atoms with E-state index in [1.165, 1.54) is 6.07 Å². The monoisotopic (exact) mass is 343 g/mol. The fraction of sp³-hybridized carbons (Fsp3) is 0.235. The number of piperazine rings is 1. The molecule has 1 heterocycles. The van der Waals surface area contributed by atoms with Gasteiger partial charge in [-0.3, -0.25) is 10.1 Å². The van der Waals surface area contributed by atoms with E-state index in [4.69, 9.17) is 12.2 Å². The molecule has 0 amide bonds. The van der Waals surface area contributed by atoms with Gasteiger partial charge in [0, 0.05) is 37.8 Å². The highest BCUT2D eigenvalue weighted by atomic mass is 32.1. The zero-order chi connectivity index (χ0) is 17.1. The van der Waals surface area contributed by atoms with Crippen molar-refractivity contribution < 1.29 is 10.0 Å². The number of benzene rings is 2. The lowest BCUT2D eigenvalue weighted by atomic mass is 10.1. The third-order valence-corrected chi connectivity index (χ3v) is 4.59. The molecule has 0 radical (unpaired) electrons. The molecule has 0 aromatic heterocycles. The highest BCUT2D eigenvalue weighted by molar-refractivity contribution is 7.80. The number of thiocarbonyl (C=S) groups is 1. The Hall–Kier alpha value is -2.67. The van der Waals surface area contributed by atoms with Gasteiger partial charge in [-0.15, -0.1) is 0 Å². The lowest BCUT2D eigenvalue weighted by Gasteiger charge is -2.37. The molecule has 3 rings (SSSR count). The summed E-state index contributed by atoms with van der Waals surface area (Å²) in [4.78, 5) is 15.7. The molecule has 24 heavy (non-hydrogen) atoms. The van der Waals surface area contributed by atoms with Crippen LogP contribution in [-0.2, 0) is 0 Å². The predicted molar refractivity (Wildman–Crippen MR) is 96.7 cm³/mol. The molecular formula is C17H17N3O3S. The summed E-state index contributed by atoms with van der Waals surface area (Å²) in [5, 5.41) is 20.5. The Bertz CT molecular complexity index is 756. The third-order valence-electron chi connectivity index (χ3n) is 4.10. The van der Waals surface area contributed by atoms with Gasteiger partial charge in [-0.1, -0.05) is 24.4 Å². The SMILES string of the molecule is O=[N+]([O-])c1ccccc1N1CCN(C(=S)c2ccc(O)cc2)CC1. The average Bonchev–Trinajstić information content (AvgIpc) is 2.62. The number of hydrogen-bond donors (Lipinski definition) is 1. The topological polar surface area (TPSA) is 69.9 Å². The number of phenolic OH excluding ortho intramolecular Hbond substituents is 1. The Kier molecular flexibility index (Phi) is 4.61. The molecule has 7 heteroatoms. The lowest BCUT2D eigenvalue weighted by Crippen LogP contribution is -2.48. The largest absolute Gasteiger partial charge is 0.508 e. The van der Waals surface area contributed by atoms with Crippen LogP contribution in [0.1, 0.15) is 5.56 Å². The maximum atomic E-state index is 11.2. The Balaban J connectivity index is 1.69. The molecule has 0 unspecified atom stereocenters. The van der Waals surface area contributed by atoms with Gasteiger partial charge in [-0.05, 0) is 30.3 Å². The minimum Gasteiger partial charge on any atom is -0.508 e. The van der Waals surface area contributed by atoms with Gasteiger partial charge in [0.25, 0.3) is 5.69 Å². The van der Waals surface area contributed by atoms with E-state index in [2.05, 4.69) is 4.90 Å². The number of phenols is 1. The molecule has 0 bridgehead atoms. The van der Waals surface area contributed by atoms with E-state index in [1.54, 1.807) is 36.4 Å². The minimum atomic E-state index is -0.344. The van der Waals surface area contributed by atoms with Crippen molar-refractivity contribution in [3.05, 3.63) is 64.2 Å². The normalized spacial score (nSPS) is 14.5. The molecule has 0 spiro atoms. The van der Waals surface area contributed by atoms with Gasteiger partial charge in [0.15, 0.2) is 0 Å². The van der Waals surface area contributed by atoms with Crippen molar-refractivity contribution in [2.45, 2.75) is 0 Å². The van der Waals surface area contributed by atoms with E-state index < -0.39 is 0 Å². The van der Waals surface area contributed by atoms with Gasteiger partial charge in [-0.25, -0.2) is 0 Å². The number of nitro groups is 1. The van der Waals surface area contributed by atoms with Gasteiger partial charge >= 0.3 is 0 Å². The van der Waals surface area contributed by atoms with E-state index in [9.17, 15) is 15.2 Å². The number of anilines is 1. The lowest BCUT2D eigenvalue weighted by molar-refractivity contribution is -0.384. The minimum absolute atomic E-state index is 0.132. The first kappa shape index (κ1) is 16.2. The Labute approximate surface area is 145 Å². The zero-order valence-electron chi connectivity index (χ0n) is 13.0. The molecule has 0 aliphatic carbocycles. The molecule has 0 saturated carbocycles. The summed E-state index contributed by atoms with van der Waals surface area (Å²) < 4.78 is 0. The standard InChI is InChI=1S/C17H17N3O3S/c21-14-7-5-13(6-8-14)17(24)19-11-9-18(10-12-19)15-3-1-2-4-16(15)20(22)23/h1-8,21H,9-12H2. The van der Waals surface area contributed by atoms with Gasteiger partial charge in [0.2, 0.25) is 0 Å². The van der Waals surface area contributed by atoms with Crippen LogP contribution in [0, 0.1) is 10.1 Å². The van der Waals surface area contributed by atoms with E-state index in [0.717, 1.165) is 10.6 Å². The summed E-state index contributed by atoms with van der Waals surface area (Å²) in [7, 11) is 0. The summed E-state index contributed by atoms with van der Waals surface area (Å²) in [5.41, 5.74) is 1.67. The van der Waals surface area contributed by atoms with Crippen molar-refractivity contribution in [3.63, 3.8) is 0 Å². The van der Waals surface area contributed by atoms with Crippen LogP contribution < -0.4 is 4.90 Å². The van der Waals surface area contributed by atoms with Crippen molar-refractivity contribution in [1.82, 2.24) is 4.90 Å². The van der Waals surface area contributed by atoms with Crippen LogP contribution in [0.15, 0.2) is 48.5 Å². The maximum absolute atomic E-state index is 11.2. The van der Waals surface area contributed by atoms with E-state index >= 15 is 0 Å². The molecule has 6 nitrogen and oxygen atoms in total. The summed E-state index contributed by atoms with van der Waals surface area (Å²) in [6.07, 6.45) is 0. The summed E-state index contributed by atoms with van der Waals surface area (Å²) in [5.74, 6) is 0.211. The molecular weight excluding hydrogens is 326 g/mol. The van der Waals surface area contributed by atoms with Crippen LogP contribution in [0.3, 0.4) is 0 Å². The zero-order valence-corrected chi connectivity index (χ0v) is 13.8. The quantitative estimate of drug-likeness (QED) is 0.525. The Morgan fingerprint density at radius 1 is 1.04 bits per heavy atom. The van der Waals surface area contributed by atoms with Gasteiger partial charge in [0.1, 0.15) is 16.4 Å². The van der Waals surface area contributed by atoms with Crippen molar-refractivity contribution in [1.29, 1.82) is 0 Å². The number of para-hydroxylation sites is 2. The number of hydrogen-bond acceptors (Lipinski definition) is 5. The summed E-state index contributed by atoms with van der Waals surface area (Å²) in [6.45, 7) is 2.74.